The van der Waals surface area contributed by atoms with E-state index in [1.807, 2.05) is 0 Å². The summed E-state index contributed by atoms with van der Waals surface area (Å²) in [5.41, 5.74) is 0. The third kappa shape index (κ3) is 5.25. The summed E-state index contributed by atoms with van der Waals surface area (Å²) in [7, 11) is 0. The predicted molar refractivity (Wildman–Crippen MR) is 65.8 cm³/mol. The molecule has 1 unspecified atom stereocenters. The maximum Gasteiger partial charge on any atom is 0.0634 e. The Bertz CT molecular complexity index is 167. The van der Waals surface area contributed by atoms with Gasteiger partial charge in [-0.15, -0.1) is 0 Å². The van der Waals surface area contributed by atoms with Gasteiger partial charge in [0, 0.05) is 32.3 Å². The monoisotopic (exact) mass is 230 g/mol. The van der Waals surface area contributed by atoms with Crippen molar-refractivity contribution in [2.24, 2.45) is 0 Å². The Kier molecular flexibility index (Phi) is 7.76. The van der Waals surface area contributed by atoms with Crippen LogP contribution in [0.15, 0.2) is 0 Å². The summed E-state index contributed by atoms with van der Waals surface area (Å²) in [6.45, 7) is 11.8. The van der Waals surface area contributed by atoms with Gasteiger partial charge in [-0.3, -0.25) is 4.90 Å². The van der Waals surface area contributed by atoms with Gasteiger partial charge in [0.15, 0.2) is 0 Å². The highest BCUT2D eigenvalue weighted by atomic mass is 16.5. The quantitative estimate of drug-likeness (QED) is 0.623. The van der Waals surface area contributed by atoms with Crippen LogP contribution in [-0.4, -0.2) is 63.5 Å². The first-order valence-electron chi connectivity index (χ1n) is 6.48. The van der Waals surface area contributed by atoms with E-state index in [2.05, 4.69) is 24.1 Å². The van der Waals surface area contributed by atoms with Crippen molar-refractivity contribution in [3.05, 3.63) is 0 Å². The van der Waals surface area contributed by atoms with Gasteiger partial charge in [-0.1, -0.05) is 13.8 Å². The van der Waals surface area contributed by atoms with Crippen molar-refractivity contribution < 1.29 is 9.47 Å². The second kappa shape index (κ2) is 8.93. The third-order valence-electron chi connectivity index (χ3n) is 2.85. The molecular formula is C12H26N2O2. The van der Waals surface area contributed by atoms with Gasteiger partial charge in [0.1, 0.15) is 0 Å². The minimum Gasteiger partial charge on any atom is -0.380 e. The van der Waals surface area contributed by atoms with Crippen LogP contribution in [0.4, 0.5) is 0 Å². The summed E-state index contributed by atoms with van der Waals surface area (Å²) in [5.74, 6) is 0. The Morgan fingerprint density at radius 2 is 2.25 bits per heavy atom. The number of hydrogen-bond acceptors (Lipinski definition) is 4. The Morgan fingerprint density at radius 1 is 1.38 bits per heavy atom. The maximum atomic E-state index is 5.54. The van der Waals surface area contributed by atoms with Crippen LogP contribution in [-0.2, 0) is 9.47 Å². The smallest absolute Gasteiger partial charge is 0.0634 e. The Labute approximate surface area is 99.3 Å². The molecule has 1 atom stereocenters. The maximum absolute atomic E-state index is 5.54. The highest BCUT2D eigenvalue weighted by Crippen LogP contribution is 2.05. The van der Waals surface area contributed by atoms with E-state index in [0.717, 1.165) is 59.0 Å². The van der Waals surface area contributed by atoms with E-state index in [4.69, 9.17) is 9.47 Å². The lowest BCUT2D eigenvalue weighted by Crippen LogP contribution is -2.51. The number of nitrogens with one attached hydrogen (secondary N) is 1. The van der Waals surface area contributed by atoms with E-state index >= 15 is 0 Å². The molecule has 0 bridgehead atoms. The molecule has 96 valence electrons. The second-order valence-corrected chi connectivity index (χ2v) is 4.18. The number of likely N-dealkylation sites (N-methyl/N-ethyl adjacent to an activating group) is 1. The molecule has 0 aromatic carbocycles. The third-order valence-corrected chi connectivity index (χ3v) is 2.85. The van der Waals surface area contributed by atoms with Crippen LogP contribution < -0.4 is 5.32 Å². The average molecular weight is 230 g/mol. The summed E-state index contributed by atoms with van der Waals surface area (Å²) in [4.78, 5) is 2.47. The molecule has 0 saturated carbocycles. The molecule has 4 heteroatoms. The summed E-state index contributed by atoms with van der Waals surface area (Å²) in [6, 6.07) is 0.513. The number of nitrogens with zero attached hydrogens (tertiary/aromatic N) is 1. The molecule has 1 fully saturated rings. The van der Waals surface area contributed by atoms with Gasteiger partial charge in [-0.2, -0.15) is 0 Å². The predicted octanol–water partition coefficient (Wildman–Crippen LogP) is 0.723. The molecule has 0 aliphatic carbocycles. The Hall–Kier alpha value is -0.160. The highest BCUT2D eigenvalue weighted by molar-refractivity contribution is 4.76. The molecule has 4 nitrogen and oxygen atoms in total. The normalized spacial score (nSPS) is 22.5. The molecule has 1 saturated heterocycles. The van der Waals surface area contributed by atoms with Gasteiger partial charge in [0.05, 0.1) is 19.8 Å². The van der Waals surface area contributed by atoms with Crippen molar-refractivity contribution >= 4 is 0 Å². The molecule has 0 amide bonds. The van der Waals surface area contributed by atoms with E-state index < -0.39 is 0 Å². The van der Waals surface area contributed by atoms with Crippen molar-refractivity contribution in [3.63, 3.8) is 0 Å². The number of hydrogen-bond donors (Lipinski definition) is 1. The summed E-state index contributed by atoms with van der Waals surface area (Å²) in [5, 5.41) is 3.39. The first-order chi connectivity index (χ1) is 7.88. The van der Waals surface area contributed by atoms with E-state index in [1.54, 1.807) is 0 Å². The molecule has 1 aliphatic heterocycles. The molecule has 1 N–H and O–H groups in total. The molecule has 0 aromatic heterocycles. The van der Waals surface area contributed by atoms with Gasteiger partial charge < -0.3 is 14.8 Å². The fraction of sp³-hybridized carbons (Fsp3) is 1.00. The van der Waals surface area contributed by atoms with Crippen molar-refractivity contribution in [1.29, 1.82) is 0 Å². The molecule has 1 aliphatic rings. The highest BCUT2D eigenvalue weighted by Gasteiger charge is 2.21. The summed E-state index contributed by atoms with van der Waals surface area (Å²) >= 11 is 0. The van der Waals surface area contributed by atoms with Crippen molar-refractivity contribution in [1.82, 2.24) is 10.2 Å². The molecular weight excluding hydrogens is 204 g/mol. The van der Waals surface area contributed by atoms with E-state index in [1.165, 1.54) is 0 Å². The van der Waals surface area contributed by atoms with Gasteiger partial charge in [-0.25, -0.2) is 0 Å². The van der Waals surface area contributed by atoms with Crippen LogP contribution in [0.2, 0.25) is 0 Å². The number of rotatable bonds is 8. The van der Waals surface area contributed by atoms with Crippen LogP contribution in [0.25, 0.3) is 0 Å². The number of morpholine rings is 1. The lowest BCUT2D eigenvalue weighted by Gasteiger charge is -2.35. The standard InChI is InChI=1S/C12H26N2O2/c1-3-7-15-8-5-14-6-9-16-11-12(14)10-13-4-2/h12-13H,3-11H2,1-2H3. The van der Waals surface area contributed by atoms with Crippen LogP contribution in [0.5, 0.6) is 0 Å². The van der Waals surface area contributed by atoms with E-state index in [0.29, 0.717) is 6.04 Å². The fourth-order valence-electron chi connectivity index (χ4n) is 1.91. The molecule has 0 radical (unpaired) electrons. The van der Waals surface area contributed by atoms with Crippen molar-refractivity contribution in [2.45, 2.75) is 26.3 Å². The molecule has 1 heterocycles. The second-order valence-electron chi connectivity index (χ2n) is 4.18. The summed E-state index contributed by atoms with van der Waals surface area (Å²) in [6.07, 6.45) is 1.10. The SMILES string of the molecule is CCCOCCN1CCOCC1CNCC. The zero-order valence-electron chi connectivity index (χ0n) is 10.7. The lowest BCUT2D eigenvalue weighted by molar-refractivity contribution is -0.0193. The topological polar surface area (TPSA) is 33.7 Å². The first kappa shape index (κ1) is 13.9. The molecule has 16 heavy (non-hydrogen) atoms. The largest absolute Gasteiger partial charge is 0.380 e. The van der Waals surface area contributed by atoms with Gasteiger partial charge >= 0.3 is 0 Å². The fourth-order valence-corrected chi connectivity index (χ4v) is 1.91. The van der Waals surface area contributed by atoms with Gasteiger partial charge in [-0.05, 0) is 13.0 Å². The van der Waals surface area contributed by atoms with E-state index in [-0.39, 0.29) is 0 Å². The zero-order chi connectivity index (χ0) is 11.6. The lowest BCUT2D eigenvalue weighted by atomic mass is 10.2. The molecule has 1 rings (SSSR count). The van der Waals surface area contributed by atoms with Crippen LogP contribution >= 0.6 is 0 Å². The minimum absolute atomic E-state index is 0.513. The zero-order valence-corrected chi connectivity index (χ0v) is 10.7. The number of ether oxygens (including phenoxy) is 2. The molecule has 0 aromatic rings. The van der Waals surface area contributed by atoms with Crippen LogP contribution in [0.1, 0.15) is 20.3 Å². The van der Waals surface area contributed by atoms with Crippen LogP contribution in [0, 0.1) is 0 Å². The van der Waals surface area contributed by atoms with Gasteiger partial charge in [0.25, 0.3) is 0 Å². The minimum atomic E-state index is 0.513. The van der Waals surface area contributed by atoms with Crippen molar-refractivity contribution in [3.8, 4) is 0 Å². The Balaban J connectivity index is 2.18. The Morgan fingerprint density at radius 3 is 3.00 bits per heavy atom. The van der Waals surface area contributed by atoms with E-state index in [9.17, 15) is 0 Å². The molecule has 0 spiro atoms. The van der Waals surface area contributed by atoms with Crippen molar-refractivity contribution in [2.75, 3.05) is 52.6 Å². The summed E-state index contributed by atoms with van der Waals surface area (Å²) < 4.78 is 11.0. The average Bonchev–Trinajstić information content (AvgIpc) is 2.33. The first-order valence-corrected chi connectivity index (χ1v) is 6.48. The van der Waals surface area contributed by atoms with Gasteiger partial charge in [0.2, 0.25) is 0 Å². The van der Waals surface area contributed by atoms with Crippen LogP contribution in [0.3, 0.4) is 0 Å².